The number of benzene rings is 1. The first-order valence-electron chi connectivity index (χ1n) is 13.2. The van der Waals surface area contributed by atoms with Crippen molar-refractivity contribution in [1.82, 2.24) is 0 Å². The van der Waals surface area contributed by atoms with Gasteiger partial charge >= 0.3 is 0 Å². The van der Waals surface area contributed by atoms with Crippen molar-refractivity contribution in [2.24, 2.45) is 17.2 Å². The topological polar surface area (TPSA) is 277 Å². The Kier molecular flexibility index (Phi) is 10.7. The summed E-state index contributed by atoms with van der Waals surface area (Å²) in [6.45, 7) is 1.19. The second-order valence-corrected chi connectivity index (χ2v) is 11.4. The largest absolute Gasteiger partial charge is 0.391 e. The lowest BCUT2D eigenvalue weighted by atomic mass is 9.83. The Morgan fingerprint density at radius 2 is 1.59 bits per heavy atom. The number of ether oxygens (including phenoxy) is 4. The highest BCUT2D eigenvalue weighted by Gasteiger charge is 2.54. The summed E-state index contributed by atoms with van der Waals surface area (Å²) in [5, 5.41) is 63.3. The predicted octanol–water partition coefficient (Wildman–Crippen LogP) is -4.58. The molecule has 0 spiro atoms. The maximum absolute atomic E-state index is 12.5. The second kappa shape index (κ2) is 13.5. The van der Waals surface area contributed by atoms with Crippen LogP contribution in [0.1, 0.15) is 13.3 Å². The van der Waals surface area contributed by atoms with E-state index in [9.17, 15) is 39.4 Å². The van der Waals surface area contributed by atoms with E-state index in [0.29, 0.717) is 5.69 Å². The molecule has 13 N–H and O–H groups in total. The normalized spacial score (nSPS) is 44.9. The number of rotatable bonds is 9. The number of aliphatic hydroxyl groups is 6. The molecule has 3 aliphatic rings. The van der Waals surface area contributed by atoms with Gasteiger partial charge in [0.05, 0.1) is 23.9 Å². The van der Waals surface area contributed by atoms with Crippen molar-refractivity contribution in [2.45, 2.75) is 105 Å². The zero-order valence-electron chi connectivity index (χ0n) is 22.2. The number of aliphatic hydroxyl groups excluding tert-OH is 6. The van der Waals surface area contributed by atoms with E-state index in [1.807, 2.05) is 0 Å². The summed E-state index contributed by atoms with van der Waals surface area (Å²) in [7, 11) is 0. The third kappa shape index (κ3) is 6.59. The molecule has 16 nitrogen and oxygen atoms in total. The highest BCUT2D eigenvalue weighted by Crippen LogP contribution is 2.36. The van der Waals surface area contributed by atoms with Crippen LogP contribution in [0.5, 0.6) is 0 Å². The zero-order valence-corrected chi connectivity index (χ0v) is 23.0. The summed E-state index contributed by atoms with van der Waals surface area (Å²) in [5.74, 6) is 0. The van der Waals surface area contributed by atoms with Crippen LogP contribution in [-0.4, -0.2) is 138 Å². The van der Waals surface area contributed by atoms with Gasteiger partial charge in [0.1, 0.15) is 54.9 Å². The molecule has 3 fully saturated rings. The molecular formula is C24H40N4O12S. The van der Waals surface area contributed by atoms with Crippen LogP contribution in [-0.2, 0) is 30.2 Å². The van der Waals surface area contributed by atoms with Gasteiger partial charge in [0.25, 0.3) is 11.3 Å². The molecule has 16 atom stereocenters. The molecule has 17 heteroatoms. The maximum Gasteiger partial charge on any atom is 0.262 e. The minimum Gasteiger partial charge on any atom is -0.391 e. The van der Waals surface area contributed by atoms with Gasteiger partial charge in [0.2, 0.25) is 0 Å². The summed E-state index contributed by atoms with van der Waals surface area (Å²) in [4.78, 5) is 0. The summed E-state index contributed by atoms with van der Waals surface area (Å²) < 4.78 is 46.9. The maximum atomic E-state index is 12.5. The highest BCUT2D eigenvalue weighted by atomic mass is 32.2. The third-order valence-corrected chi connectivity index (χ3v) is 8.58. The summed E-state index contributed by atoms with van der Waals surface area (Å²) >= 11 is -2.62. The molecule has 2 aliphatic heterocycles. The minimum atomic E-state index is -2.62. The molecule has 41 heavy (non-hydrogen) atoms. The number of hydrogen-bond acceptors (Lipinski definition) is 14. The summed E-state index contributed by atoms with van der Waals surface area (Å²) in [5.41, 5.74) is 18.5. The molecule has 1 aliphatic carbocycles. The smallest absolute Gasteiger partial charge is 0.262 e. The lowest BCUT2D eigenvalue weighted by molar-refractivity contribution is -0.315. The van der Waals surface area contributed by atoms with Crippen molar-refractivity contribution in [3.63, 3.8) is 0 Å². The molecule has 0 radical (unpaired) electrons. The SMILES string of the molecule is C[C@@H](O)C1OC(OC2C(N)CC(N(c3ccccc3)S(=O)O)C(O)C2OC2OC(CN)C(O)C2O)C(N)C(O)C1O. The van der Waals surface area contributed by atoms with Gasteiger partial charge in [-0.3, -0.25) is 8.86 Å². The molecule has 0 aromatic heterocycles. The second-order valence-electron chi connectivity index (χ2n) is 10.6. The Hall–Kier alpha value is -1.39. The highest BCUT2D eigenvalue weighted by molar-refractivity contribution is 7.80. The van der Waals surface area contributed by atoms with Crippen molar-refractivity contribution < 1.29 is 58.3 Å². The standard InChI is InChI=1S/C24H40N4O12S/c1-9(29)20-18(33)17(32)14(27)23(38-20)39-21-11(26)7-12(28(41(35)36)10-5-3-2-4-6-10)15(30)22(21)40-24-19(34)16(31)13(8-25)37-24/h2-6,9,11-24,29-34H,7-8,25-27H2,1H3,(H,35,36)/t9-,11?,12?,13?,14?,15?,16?,17?,18?,19?,20?,21?,22?,23?,24?/m1/s1. The molecule has 0 amide bonds. The minimum absolute atomic E-state index is 0.109. The number of hydrogen-bond donors (Lipinski definition) is 10. The molecule has 1 aromatic rings. The van der Waals surface area contributed by atoms with E-state index in [2.05, 4.69) is 0 Å². The zero-order chi connectivity index (χ0) is 30.2. The van der Waals surface area contributed by atoms with Crippen LogP contribution in [0.25, 0.3) is 0 Å². The van der Waals surface area contributed by atoms with E-state index in [1.54, 1.807) is 30.3 Å². The van der Waals surface area contributed by atoms with Crippen LogP contribution in [0.15, 0.2) is 30.3 Å². The van der Waals surface area contributed by atoms with Gasteiger partial charge < -0.3 is 66.8 Å². The van der Waals surface area contributed by atoms with E-state index in [1.165, 1.54) is 6.92 Å². The van der Waals surface area contributed by atoms with Crippen molar-refractivity contribution in [3.05, 3.63) is 30.3 Å². The van der Waals surface area contributed by atoms with Crippen LogP contribution in [0.4, 0.5) is 5.69 Å². The number of para-hydroxylation sites is 1. The average molecular weight is 609 g/mol. The molecule has 4 rings (SSSR count). The molecule has 1 saturated carbocycles. The lowest BCUT2D eigenvalue weighted by Gasteiger charge is -2.49. The molecule has 2 heterocycles. The lowest BCUT2D eigenvalue weighted by Crippen LogP contribution is -2.69. The number of nitrogens with two attached hydrogens (primary N) is 3. The van der Waals surface area contributed by atoms with Crippen LogP contribution in [0.3, 0.4) is 0 Å². The van der Waals surface area contributed by atoms with Crippen molar-refractivity contribution in [3.8, 4) is 0 Å². The van der Waals surface area contributed by atoms with Gasteiger partial charge in [-0.05, 0) is 25.5 Å². The third-order valence-electron chi connectivity index (χ3n) is 7.77. The van der Waals surface area contributed by atoms with E-state index in [4.69, 9.17) is 36.1 Å². The molecule has 1 aromatic carbocycles. The van der Waals surface area contributed by atoms with Crippen molar-refractivity contribution >= 4 is 17.0 Å². The summed E-state index contributed by atoms with van der Waals surface area (Å²) in [6.07, 6.45) is -17.0. The quantitative estimate of drug-likeness (QED) is 0.118. The molecule has 15 unspecified atom stereocenters. The van der Waals surface area contributed by atoms with Gasteiger partial charge in [-0.15, -0.1) is 0 Å². The Morgan fingerprint density at radius 3 is 2.15 bits per heavy atom. The van der Waals surface area contributed by atoms with Gasteiger partial charge in [-0.2, -0.15) is 0 Å². The molecule has 0 bridgehead atoms. The van der Waals surface area contributed by atoms with E-state index in [0.717, 1.165) is 4.31 Å². The predicted molar refractivity (Wildman–Crippen MR) is 142 cm³/mol. The first kappa shape index (κ1) is 32.5. The van der Waals surface area contributed by atoms with Gasteiger partial charge in [0.15, 0.2) is 12.6 Å². The van der Waals surface area contributed by atoms with Crippen LogP contribution < -0.4 is 21.5 Å². The fourth-order valence-corrected chi connectivity index (χ4v) is 6.26. The fourth-order valence-electron chi connectivity index (χ4n) is 5.51. The average Bonchev–Trinajstić information content (AvgIpc) is 3.21. The van der Waals surface area contributed by atoms with Crippen LogP contribution >= 0.6 is 0 Å². The fraction of sp³-hybridized carbons (Fsp3) is 0.750. The van der Waals surface area contributed by atoms with E-state index >= 15 is 0 Å². The van der Waals surface area contributed by atoms with Crippen LogP contribution in [0, 0.1) is 0 Å². The monoisotopic (exact) mass is 608 g/mol. The van der Waals surface area contributed by atoms with Gasteiger partial charge in [0, 0.05) is 12.6 Å². The Labute approximate surface area is 238 Å². The van der Waals surface area contributed by atoms with Crippen molar-refractivity contribution in [1.29, 1.82) is 0 Å². The van der Waals surface area contributed by atoms with Crippen LogP contribution in [0.2, 0.25) is 0 Å². The van der Waals surface area contributed by atoms with Gasteiger partial charge in [-0.1, -0.05) is 18.2 Å². The van der Waals surface area contributed by atoms with E-state index < -0.39 is 103 Å². The van der Waals surface area contributed by atoms with E-state index in [-0.39, 0.29) is 13.0 Å². The molecule has 2 saturated heterocycles. The number of anilines is 1. The first-order valence-corrected chi connectivity index (χ1v) is 14.3. The summed E-state index contributed by atoms with van der Waals surface area (Å²) in [6, 6.07) is 4.66. The Bertz CT molecular complexity index is 1020. The first-order chi connectivity index (χ1) is 19.4. The van der Waals surface area contributed by atoms with Crippen molar-refractivity contribution in [2.75, 3.05) is 10.8 Å². The molecular weight excluding hydrogens is 568 g/mol. The van der Waals surface area contributed by atoms with Gasteiger partial charge in [-0.25, -0.2) is 4.21 Å². The Balaban J connectivity index is 1.66. The molecule has 234 valence electrons. The number of nitrogens with zero attached hydrogens (tertiary/aromatic N) is 1. The Morgan fingerprint density at radius 1 is 0.951 bits per heavy atom.